The SMILES string of the molecule is Cc1ccc(SSc2nnc(-c3ccccc3)c(-c3ccccc3)n2)cc1. The smallest absolute Gasteiger partial charge is 0.218 e. The number of aromatic nitrogens is 3. The summed E-state index contributed by atoms with van der Waals surface area (Å²) < 4.78 is 0. The van der Waals surface area contributed by atoms with Gasteiger partial charge in [-0.1, -0.05) is 78.4 Å². The van der Waals surface area contributed by atoms with Crippen LogP contribution < -0.4 is 0 Å². The van der Waals surface area contributed by atoms with Crippen molar-refractivity contribution in [2.45, 2.75) is 17.0 Å². The molecule has 0 aliphatic rings. The van der Waals surface area contributed by atoms with Gasteiger partial charge < -0.3 is 0 Å². The maximum atomic E-state index is 4.82. The lowest BCUT2D eigenvalue weighted by atomic mass is 10.0. The molecular formula is C22H17N3S2. The van der Waals surface area contributed by atoms with E-state index in [-0.39, 0.29) is 0 Å². The molecule has 5 heteroatoms. The van der Waals surface area contributed by atoms with E-state index < -0.39 is 0 Å². The maximum absolute atomic E-state index is 4.82. The van der Waals surface area contributed by atoms with Gasteiger partial charge in [0.2, 0.25) is 5.16 Å². The lowest BCUT2D eigenvalue weighted by Crippen LogP contribution is -1.98. The highest BCUT2D eigenvalue weighted by molar-refractivity contribution is 8.76. The molecule has 4 aromatic rings. The van der Waals surface area contributed by atoms with E-state index in [9.17, 15) is 0 Å². The normalized spacial score (nSPS) is 10.7. The summed E-state index contributed by atoms with van der Waals surface area (Å²) in [5.41, 5.74) is 4.95. The highest BCUT2D eigenvalue weighted by atomic mass is 33.1. The molecule has 27 heavy (non-hydrogen) atoms. The van der Waals surface area contributed by atoms with E-state index in [0.29, 0.717) is 5.16 Å². The number of benzene rings is 3. The van der Waals surface area contributed by atoms with Crippen molar-refractivity contribution in [3.63, 3.8) is 0 Å². The molecule has 0 bridgehead atoms. The molecule has 0 aliphatic carbocycles. The zero-order valence-corrected chi connectivity index (χ0v) is 16.4. The molecule has 3 aromatic carbocycles. The molecule has 0 aliphatic heterocycles. The van der Waals surface area contributed by atoms with Gasteiger partial charge in [0.15, 0.2) is 0 Å². The fraction of sp³-hybridized carbons (Fsp3) is 0.0455. The first-order valence-electron chi connectivity index (χ1n) is 8.56. The average Bonchev–Trinajstić information content (AvgIpc) is 2.74. The van der Waals surface area contributed by atoms with Gasteiger partial charge in [0.05, 0.1) is 0 Å². The zero-order valence-electron chi connectivity index (χ0n) is 14.7. The second-order valence-electron chi connectivity index (χ2n) is 6.00. The standard InChI is InChI=1S/C22H17N3S2/c1-16-12-14-19(15-13-16)26-27-22-23-20(17-8-4-2-5-9-17)21(24-25-22)18-10-6-3-7-11-18/h2-15H,1H3. The first-order valence-corrected chi connectivity index (χ1v) is 10.7. The molecule has 0 N–H and O–H groups in total. The Morgan fingerprint density at radius 1 is 0.593 bits per heavy atom. The van der Waals surface area contributed by atoms with Gasteiger partial charge in [0, 0.05) is 16.0 Å². The molecule has 0 saturated carbocycles. The molecule has 1 heterocycles. The van der Waals surface area contributed by atoms with Crippen molar-refractivity contribution in [1.82, 2.24) is 15.2 Å². The highest BCUT2D eigenvalue weighted by Gasteiger charge is 2.14. The number of hydrogen-bond donors (Lipinski definition) is 0. The fourth-order valence-electron chi connectivity index (χ4n) is 2.61. The minimum absolute atomic E-state index is 0.652. The van der Waals surface area contributed by atoms with Gasteiger partial charge in [-0.25, -0.2) is 4.98 Å². The van der Waals surface area contributed by atoms with E-state index in [0.717, 1.165) is 22.5 Å². The van der Waals surface area contributed by atoms with Crippen molar-refractivity contribution in [2.24, 2.45) is 0 Å². The lowest BCUT2D eigenvalue weighted by molar-refractivity contribution is 0.854. The van der Waals surface area contributed by atoms with Crippen molar-refractivity contribution >= 4 is 21.6 Å². The first-order chi connectivity index (χ1) is 13.3. The summed E-state index contributed by atoms with van der Waals surface area (Å²) in [5.74, 6) is 0. The Hall–Kier alpha value is -2.63. The molecule has 3 nitrogen and oxygen atoms in total. The van der Waals surface area contributed by atoms with Crippen LogP contribution in [0.2, 0.25) is 0 Å². The Morgan fingerprint density at radius 2 is 1.19 bits per heavy atom. The van der Waals surface area contributed by atoms with E-state index in [1.807, 2.05) is 48.5 Å². The number of hydrogen-bond acceptors (Lipinski definition) is 5. The Bertz CT molecular complexity index is 1020. The van der Waals surface area contributed by atoms with Crippen LogP contribution in [0.3, 0.4) is 0 Å². The lowest BCUT2D eigenvalue weighted by Gasteiger charge is -2.09. The second-order valence-corrected chi connectivity index (χ2v) is 8.17. The van der Waals surface area contributed by atoms with E-state index >= 15 is 0 Å². The summed E-state index contributed by atoms with van der Waals surface area (Å²) >= 11 is 0. The molecule has 1 aromatic heterocycles. The van der Waals surface area contributed by atoms with Gasteiger partial charge in [0.25, 0.3) is 0 Å². The Labute approximate surface area is 166 Å². The Morgan fingerprint density at radius 3 is 1.81 bits per heavy atom. The van der Waals surface area contributed by atoms with Gasteiger partial charge in [-0.05, 0) is 40.6 Å². The minimum Gasteiger partial charge on any atom is -0.218 e. The summed E-state index contributed by atoms with van der Waals surface area (Å²) in [4.78, 5) is 5.99. The molecule has 0 spiro atoms. The molecule has 0 unspecified atom stereocenters. The van der Waals surface area contributed by atoms with Gasteiger partial charge in [0.1, 0.15) is 11.4 Å². The predicted octanol–water partition coefficient (Wildman–Crippen LogP) is 6.31. The van der Waals surface area contributed by atoms with Crippen molar-refractivity contribution < 1.29 is 0 Å². The third-order valence-corrected chi connectivity index (χ3v) is 6.14. The fourth-order valence-corrected chi connectivity index (χ4v) is 4.29. The zero-order chi connectivity index (χ0) is 18.5. The molecular weight excluding hydrogens is 370 g/mol. The minimum atomic E-state index is 0.652. The highest BCUT2D eigenvalue weighted by Crippen LogP contribution is 2.37. The topological polar surface area (TPSA) is 38.7 Å². The molecule has 0 amide bonds. The molecule has 0 saturated heterocycles. The molecule has 132 valence electrons. The average molecular weight is 388 g/mol. The van der Waals surface area contributed by atoms with Crippen LogP contribution in [-0.2, 0) is 0 Å². The van der Waals surface area contributed by atoms with Crippen molar-refractivity contribution in [3.05, 3.63) is 90.5 Å². The molecule has 0 atom stereocenters. The van der Waals surface area contributed by atoms with E-state index in [1.165, 1.54) is 21.3 Å². The summed E-state index contributed by atoms with van der Waals surface area (Å²) in [6.45, 7) is 2.09. The van der Waals surface area contributed by atoms with Crippen molar-refractivity contribution in [2.75, 3.05) is 0 Å². The van der Waals surface area contributed by atoms with E-state index in [1.54, 1.807) is 10.8 Å². The van der Waals surface area contributed by atoms with Crippen LogP contribution in [0.1, 0.15) is 5.56 Å². The Balaban J connectivity index is 1.67. The van der Waals surface area contributed by atoms with Crippen molar-refractivity contribution in [1.29, 1.82) is 0 Å². The third-order valence-electron chi connectivity index (χ3n) is 4.00. The van der Waals surface area contributed by atoms with Gasteiger partial charge in [-0.3, -0.25) is 0 Å². The van der Waals surface area contributed by atoms with Crippen LogP contribution in [0.4, 0.5) is 0 Å². The van der Waals surface area contributed by atoms with Crippen LogP contribution in [0.5, 0.6) is 0 Å². The number of aryl methyl sites for hydroxylation is 1. The largest absolute Gasteiger partial charge is 0.220 e. The molecule has 0 radical (unpaired) electrons. The Kier molecular flexibility index (Phi) is 5.51. The predicted molar refractivity (Wildman–Crippen MR) is 114 cm³/mol. The first kappa shape index (κ1) is 17.8. The van der Waals surface area contributed by atoms with Gasteiger partial charge in [-0.15, -0.1) is 10.2 Å². The van der Waals surface area contributed by atoms with Crippen LogP contribution in [0.15, 0.2) is 95.0 Å². The summed E-state index contributed by atoms with van der Waals surface area (Å²) in [6, 6.07) is 28.6. The monoisotopic (exact) mass is 387 g/mol. The third kappa shape index (κ3) is 4.38. The maximum Gasteiger partial charge on any atom is 0.220 e. The van der Waals surface area contributed by atoms with E-state index in [2.05, 4.69) is 53.5 Å². The molecule has 0 fully saturated rings. The summed E-state index contributed by atoms with van der Waals surface area (Å²) in [7, 11) is 3.16. The van der Waals surface area contributed by atoms with Gasteiger partial charge >= 0.3 is 0 Å². The number of rotatable bonds is 5. The number of nitrogens with zero attached hydrogens (tertiary/aromatic N) is 3. The van der Waals surface area contributed by atoms with Crippen molar-refractivity contribution in [3.8, 4) is 22.5 Å². The van der Waals surface area contributed by atoms with Crippen LogP contribution in [0, 0.1) is 6.92 Å². The summed E-state index contributed by atoms with van der Waals surface area (Å²) in [6.07, 6.45) is 0. The van der Waals surface area contributed by atoms with Crippen LogP contribution >= 0.6 is 21.6 Å². The quantitative estimate of drug-likeness (QED) is 0.375. The van der Waals surface area contributed by atoms with Gasteiger partial charge in [-0.2, -0.15) is 0 Å². The molecule has 4 rings (SSSR count). The second kappa shape index (κ2) is 8.37. The van der Waals surface area contributed by atoms with Crippen LogP contribution in [-0.4, -0.2) is 15.2 Å². The van der Waals surface area contributed by atoms with Crippen LogP contribution in [0.25, 0.3) is 22.5 Å². The van der Waals surface area contributed by atoms with E-state index in [4.69, 9.17) is 4.98 Å². The summed E-state index contributed by atoms with van der Waals surface area (Å²) in [5, 5.41) is 9.51.